The fraction of sp³-hybridized carbons (Fsp3) is 0. The van der Waals surface area contributed by atoms with Crippen LogP contribution in [0.2, 0.25) is 0 Å². The molecule has 0 aliphatic carbocycles. The van der Waals surface area contributed by atoms with Crippen LogP contribution in [0, 0.1) is 0 Å². The summed E-state index contributed by atoms with van der Waals surface area (Å²) in [6.45, 7) is 0. The Morgan fingerprint density at radius 1 is 0.286 bits per heavy atom. The van der Waals surface area contributed by atoms with Gasteiger partial charge in [0.05, 0.1) is 0 Å². The quantitative estimate of drug-likeness (QED) is 0.201. The Labute approximate surface area is 205 Å². The molecule has 5 rings (SSSR count). The average Bonchev–Trinajstić information content (AvgIpc) is 2.91. The van der Waals surface area contributed by atoms with E-state index < -0.39 is 7.51 Å². The van der Waals surface area contributed by atoms with Crippen LogP contribution in [0.4, 0.5) is 0 Å². The second-order valence-corrected chi connectivity index (χ2v) is 10.6. The molecular weight excluding hydrogens is 455 g/mol. The molecule has 0 radical (unpaired) electrons. The third kappa shape index (κ3) is 4.98. The molecule has 0 amide bonds. The predicted molar refractivity (Wildman–Crippen MR) is 141 cm³/mol. The molecule has 5 aromatic rings. The van der Waals surface area contributed by atoms with E-state index in [4.69, 9.17) is 18.1 Å². The minimum absolute atomic E-state index is 0.553. The van der Waals surface area contributed by atoms with Crippen LogP contribution < -0.4 is 23.4 Å². The van der Waals surface area contributed by atoms with E-state index in [0.29, 0.717) is 28.3 Å². The van der Waals surface area contributed by atoms with E-state index >= 15 is 0 Å². The first kappa shape index (κ1) is 22.5. The van der Waals surface area contributed by atoms with Gasteiger partial charge in [-0.15, -0.1) is 0 Å². The van der Waals surface area contributed by atoms with E-state index in [0.717, 1.165) is 0 Å². The van der Waals surface area contributed by atoms with Crippen LogP contribution in [0.3, 0.4) is 0 Å². The zero-order valence-corrected chi connectivity index (χ0v) is 19.9. The second-order valence-electron chi connectivity index (χ2n) is 7.77. The molecule has 5 heteroatoms. The van der Waals surface area contributed by atoms with Crippen molar-refractivity contribution in [2.45, 2.75) is 0 Å². The number of hydrogen-bond acceptors (Lipinski definition) is 4. The molecule has 0 spiro atoms. The maximum absolute atomic E-state index is 6.85. The van der Waals surface area contributed by atoms with Crippen molar-refractivity contribution >= 4 is 12.8 Å². The van der Waals surface area contributed by atoms with Crippen molar-refractivity contribution < 1.29 is 18.1 Å². The van der Waals surface area contributed by atoms with E-state index in [1.165, 1.54) is 0 Å². The summed E-state index contributed by atoms with van der Waals surface area (Å²) in [6, 6.07) is 47.4. The molecule has 0 atom stereocenters. The fourth-order valence-corrected chi connectivity index (χ4v) is 6.89. The Morgan fingerprint density at radius 2 is 0.514 bits per heavy atom. The molecule has 0 bridgehead atoms. The Balaban J connectivity index is 1.81. The molecule has 0 aliphatic rings. The zero-order chi connectivity index (χ0) is 23.8. The van der Waals surface area contributed by atoms with Gasteiger partial charge in [-0.1, -0.05) is 0 Å². The van der Waals surface area contributed by atoms with E-state index in [2.05, 4.69) is 0 Å². The van der Waals surface area contributed by atoms with Crippen LogP contribution in [0.1, 0.15) is 0 Å². The third-order valence-corrected chi connectivity index (χ3v) is 8.45. The molecule has 0 saturated carbocycles. The molecule has 0 aromatic heterocycles. The van der Waals surface area contributed by atoms with Crippen LogP contribution in [0.5, 0.6) is 23.0 Å². The predicted octanol–water partition coefficient (Wildman–Crippen LogP) is 7.84. The van der Waals surface area contributed by atoms with Gasteiger partial charge < -0.3 is 0 Å². The fourth-order valence-electron chi connectivity index (χ4n) is 3.65. The zero-order valence-electron chi connectivity index (χ0n) is 19.0. The van der Waals surface area contributed by atoms with Crippen molar-refractivity contribution in [2.75, 3.05) is 0 Å². The molecule has 35 heavy (non-hydrogen) atoms. The van der Waals surface area contributed by atoms with Crippen LogP contribution in [0.25, 0.3) is 0 Å². The Bertz CT molecular complexity index is 1150. The second kappa shape index (κ2) is 9.92. The van der Waals surface area contributed by atoms with Crippen LogP contribution in [0.15, 0.2) is 152 Å². The average molecular weight is 481 g/mol. The SMILES string of the molecule is c1ccc(OP(Oc2ccccc2)(Oc2ccccc2)(Oc2ccccc2)c2ccccc2)cc1. The Kier molecular flexibility index (Phi) is 6.38. The molecular formula is C30H25O4P. The van der Waals surface area contributed by atoms with Crippen LogP contribution in [-0.2, 0) is 0 Å². The van der Waals surface area contributed by atoms with Crippen LogP contribution >= 0.6 is 7.51 Å². The van der Waals surface area contributed by atoms with Gasteiger partial charge in [-0.05, 0) is 0 Å². The number of para-hydroxylation sites is 4. The van der Waals surface area contributed by atoms with Crippen molar-refractivity contribution in [1.82, 2.24) is 0 Å². The molecule has 5 aromatic carbocycles. The van der Waals surface area contributed by atoms with Gasteiger partial charge in [0.1, 0.15) is 0 Å². The van der Waals surface area contributed by atoms with Gasteiger partial charge in [0.2, 0.25) is 0 Å². The van der Waals surface area contributed by atoms with E-state index in [1.54, 1.807) is 0 Å². The molecule has 0 aliphatic heterocycles. The van der Waals surface area contributed by atoms with E-state index in [9.17, 15) is 0 Å². The summed E-state index contributed by atoms with van der Waals surface area (Å²) >= 11 is 0. The van der Waals surface area contributed by atoms with E-state index in [1.807, 2.05) is 152 Å². The maximum atomic E-state index is 6.85. The normalized spacial score (nSPS) is 12.1. The first-order valence-corrected chi connectivity index (χ1v) is 13.2. The third-order valence-electron chi connectivity index (χ3n) is 5.20. The number of rotatable bonds is 9. The number of hydrogen-bond donors (Lipinski definition) is 0. The van der Waals surface area contributed by atoms with E-state index in [-0.39, 0.29) is 0 Å². The number of benzene rings is 5. The topological polar surface area (TPSA) is 36.9 Å². The summed E-state index contributed by atoms with van der Waals surface area (Å²) in [7, 11) is -4.71. The molecule has 174 valence electrons. The van der Waals surface area contributed by atoms with Gasteiger partial charge in [-0.3, -0.25) is 0 Å². The summed E-state index contributed by atoms with van der Waals surface area (Å²) in [5.41, 5.74) is 0. The molecule has 0 saturated heterocycles. The first-order valence-electron chi connectivity index (χ1n) is 11.3. The molecule has 0 heterocycles. The van der Waals surface area contributed by atoms with Crippen molar-refractivity contribution in [3.63, 3.8) is 0 Å². The minimum atomic E-state index is -4.71. The van der Waals surface area contributed by atoms with Gasteiger partial charge in [0, 0.05) is 0 Å². The Hall–Kier alpha value is -4.27. The molecule has 0 fully saturated rings. The van der Waals surface area contributed by atoms with Gasteiger partial charge in [-0.2, -0.15) is 0 Å². The van der Waals surface area contributed by atoms with Crippen molar-refractivity contribution in [3.8, 4) is 23.0 Å². The summed E-state index contributed by atoms with van der Waals surface area (Å²) in [6.07, 6.45) is 0. The summed E-state index contributed by atoms with van der Waals surface area (Å²) in [5.74, 6) is 2.21. The summed E-state index contributed by atoms with van der Waals surface area (Å²) in [4.78, 5) is 0. The van der Waals surface area contributed by atoms with Crippen molar-refractivity contribution in [1.29, 1.82) is 0 Å². The summed E-state index contributed by atoms with van der Waals surface area (Å²) < 4.78 is 27.4. The van der Waals surface area contributed by atoms with Gasteiger partial charge in [-0.25, -0.2) is 0 Å². The standard InChI is InChI=1S/C30H25O4P/c1-6-16-26(17-7-1)31-35(30-24-14-5-15-25-30,32-27-18-8-2-9-19-27,33-28-20-10-3-11-21-28)34-29-22-12-4-13-23-29/h1-25H. The summed E-state index contributed by atoms with van der Waals surface area (Å²) in [5, 5.41) is 0.638. The monoisotopic (exact) mass is 480 g/mol. The van der Waals surface area contributed by atoms with Crippen molar-refractivity contribution in [3.05, 3.63) is 152 Å². The molecule has 0 unspecified atom stereocenters. The molecule has 4 nitrogen and oxygen atoms in total. The molecule has 0 N–H and O–H groups in total. The van der Waals surface area contributed by atoms with Gasteiger partial charge in [0.25, 0.3) is 0 Å². The van der Waals surface area contributed by atoms with Gasteiger partial charge >= 0.3 is 206 Å². The Morgan fingerprint density at radius 3 is 0.771 bits per heavy atom. The van der Waals surface area contributed by atoms with Gasteiger partial charge in [0.15, 0.2) is 0 Å². The van der Waals surface area contributed by atoms with Crippen molar-refractivity contribution in [2.24, 2.45) is 0 Å². The van der Waals surface area contributed by atoms with Crippen LogP contribution in [-0.4, -0.2) is 0 Å². The first-order chi connectivity index (χ1) is 17.2.